The van der Waals surface area contributed by atoms with Crippen molar-refractivity contribution in [2.24, 2.45) is 5.73 Å². The molecule has 3 rings (SSSR count). The molecular formula is C17H24N4. The lowest BCUT2D eigenvalue weighted by atomic mass is 9.98. The molecule has 112 valence electrons. The summed E-state index contributed by atoms with van der Waals surface area (Å²) in [5, 5.41) is 1.17. The molecule has 1 aliphatic rings. The van der Waals surface area contributed by atoms with Crippen LogP contribution < -0.4 is 5.73 Å². The molecule has 2 atom stereocenters. The van der Waals surface area contributed by atoms with Crippen LogP contribution >= 0.6 is 0 Å². The van der Waals surface area contributed by atoms with Crippen molar-refractivity contribution < 1.29 is 0 Å². The topological polar surface area (TPSA) is 45.4 Å². The van der Waals surface area contributed by atoms with Crippen molar-refractivity contribution in [2.75, 3.05) is 33.7 Å². The lowest BCUT2D eigenvalue weighted by Gasteiger charge is -2.38. The van der Waals surface area contributed by atoms with Crippen molar-refractivity contribution in [1.82, 2.24) is 14.8 Å². The van der Waals surface area contributed by atoms with Gasteiger partial charge in [-0.3, -0.25) is 4.98 Å². The highest BCUT2D eigenvalue weighted by Crippen LogP contribution is 2.22. The average Bonchev–Trinajstić information content (AvgIpc) is 2.50. The Morgan fingerprint density at radius 3 is 2.95 bits per heavy atom. The number of para-hydroxylation sites is 1. The fourth-order valence-corrected chi connectivity index (χ4v) is 3.08. The number of piperazine rings is 1. The second-order valence-electron chi connectivity index (χ2n) is 6.20. The third kappa shape index (κ3) is 3.23. The maximum Gasteiger partial charge on any atom is 0.0702 e. The number of likely N-dealkylation sites (N-methyl/N-ethyl adjacent to an activating group) is 2. The van der Waals surface area contributed by atoms with Crippen LogP contribution in [0.5, 0.6) is 0 Å². The molecular weight excluding hydrogens is 260 g/mol. The van der Waals surface area contributed by atoms with Gasteiger partial charge in [-0.15, -0.1) is 0 Å². The fourth-order valence-electron chi connectivity index (χ4n) is 3.08. The summed E-state index contributed by atoms with van der Waals surface area (Å²) in [6.07, 6.45) is 2.90. The zero-order valence-electron chi connectivity index (χ0n) is 12.9. The van der Waals surface area contributed by atoms with E-state index in [4.69, 9.17) is 5.73 Å². The summed E-state index contributed by atoms with van der Waals surface area (Å²) in [4.78, 5) is 9.34. The molecule has 4 heteroatoms. The second-order valence-corrected chi connectivity index (χ2v) is 6.20. The minimum absolute atomic E-state index is 0.0426. The zero-order valence-corrected chi connectivity index (χ0v) is 12.9. The maximum atomic E-state index is 6.44. The molecule has 0 saturated carbocycles. The average molecular weight is 284 g/mol. The lowest BCUT2D eigenvalue weighted by Crippen LogP contribution is -2.50. The van der Waals surface area contributed by atoms with E-state index in [1.54, 1.807) is 0 Å². The first-order chi connectivity index (χ1) is 10.1. The molecule has 0 amide bonds. The molecule has 0 bridgehead atoms. The van der Waals surface area contributed by atoms with Gasteiger partial charge in [0.25, 0.3) is 0 Å². The lowest BCUT2D eigenvalue weighted by molar-refractivity contribution is 0.104. The Labute approximate surface area is 126 Å². The van der Waals surface area contributed by atoms with Crippen LogP contribution in [-0.2, 0) is 0 Å². The number of nitrogens with two attached hydrogens (primary N) is 1. The van der Waals surface area contributed by atoms with Crippen molar-refractivity contribution >= 4 is 10.9 Å². The van der Waals surface area contributed by atoms with Crippen molar-refractivity contribution in [2.45, 2.75) is 18.5 Å². The molecule has 0 spiro atoms. The third-order valence-electron chi connectivity index (χ3n) is 4.55. The highest BCUT2D eigenvalue weighted by Gasteiger charge is 2.24. The Kier molecular flexibility index (Phi) is 4.19. The van der Waals surface area contributed by atoms with E-state index < -0.39 is 0 Å². The van der Waals surface area contributed by atoms with Gasteiger partial charge in [-0.25, -0.2) is 0 Å². The summed E-state index contributed by atoms with van der Waals surface area (Å²) in [5.41, 5.74) is 8.60. The first-order valence-corrected chi connectivity index (χ1v) is 7.62. The predicted molar refractivity (Wildman–Crippen MR) is 87.2 cm³/mol. The number of fused-ring (bicyclic) bond motifs is 1. The maximum absolute atomic E-state index is 6.44. The first kappa shape index (κ1) is 14.4. The van der Waals surface area contributed by atoms with Gasteiger partial charge in [0, 0.05) is 43.3 Å². The van der Waals surface area contributed by atoms with E-state index in [9.17, 15) is 0 Å². The fraction of sp³-hybridized carbons (Fsp3) is 0.471. The summed E-state index contributed by atoms with van der Waals surface area (Å²) < 4.78 is 0. The van der Waals surface area contributed by atoms with E-state index in [0.717, 1.165) is 37.1 Å². The van der Waals surface area contributed by atoms with E-state index >= 15 is 0 Å². The van der Waals surface area contributed by atoms with Crippen LogP contribution in [0.2, 0.25) is 0 Å². The van der Waals surface area contributed by atoms with Gasteiger partial charge in [0.1, 0.15) is 0 Å². The number of hydrogen-bond donors (Lipinski definition) is 1. The van der Waals surface area contributed by atoms with Gasteiger partial charge in [0.15, 0.2) is 0 Å². The van der Waals surface area contributed by atoms with Crippen LogP contribution in [0.3, 0.4) is 0 Å². The number of nitrogens with zero attached hydrogens (tertiary/aromatic N) is 3. The molecule has 0 radical (unpaired) electrons. The SMILES string of the molecule is CN1CCN(C)C(CC(N)c2cnc3ccccc3c2)C1. The smallest absolute Gasteiger partial charge is 0.0702 e. The Morgan fingerprint density at radius 1 is 1.29 bits per heavy atom. The highest BCUT2D eigenvalue weighted by atomic mass is 15.3. The van der Waals surface area contributed by atoms with Crippen molar-refractivity contribution in [1.29, 1.82) is 0 Å². The Bertz CT molecular complexity index is 613. The van der Waals surface area contributed by atoms with Gasteiger partial charge in [0.05, 0.1) is 5.52 Å². The minimum atomic E-state index is 0.0426. The monoisotopic (exact) mass is 284 g/mol. The van der Waals surface area contributed by atoms with Crippen LogP contribution in [-0.4, -0.2) is 54.6 Å². The summed E-state index contributed by atoms with van der Waals surface area (Å²) in [7, 11) is 4.38. The van der Waals surface area contributed by atoms with Crippen LogP contribution in [0, 0.1) is 0 Å². The second kappa shape index (κ2) is 6.10. The van der Waals surface area contributed by atoms with Crippen LogP contribution in [0.25, 0.3) is 10.9 Å². The Hall–Kier alpha value is -1.49. The summed E-state index contributed by atoms with van der Waals surface area (Å²) in [5.74, 6) is 0. The summed E-state index contributed by atoms with van der Waals surface area (Å²) in [6, 6.07) is 10.9. The van der Waals surface area contributed by atoms with E-state index in [2.05, 4.69) is 41.0 Å². The van der Waals surface area contributed by atoms with Crippen LogP contribution in [0.1, 0.15) is 18.0 Å². The Morgan fingerprint density at radius 2 is 2.10 bits per heavy atom. The Balaban J connectivity index is 1.75. The molecule has 21 heavy (non-hydrogen) atoms. The zero-order chi connectivity index (χ0) is 14.8. The molecule has 1 aromatic heterocycles. The van der Waals surface area contributed by atoms with Gasteiger partial charge in [0.2, 0.25) is 0 Å². The number of rotatable bonds is 3. The van der Waals surface area contributed by atoms with Crippen LogP contribution in [0.15, 0.2) is 36.5 Å². The van der Waals surface area contributed by atoms with Gasteiger partial charge in [-0.05, 0) is 38.2 Å². The standard InChI is InChI=1S/C17H24N4/c1-20-7-8-21(2)15(12-20)10-16(18)14-9-13-5-3-4-6-17(13)19-11-14/h3-6,9,11,15-16H,7-8,10,12,18H2,1-2H3. The number of pyridine rings is 1. The summed E-state index contributed by atoms with van der Waals surface area (Å²) >= 11 is 0. The molecule has 0 aliphatic carbocycles. The predicted octanol–water partition coefficient (Wildman–Crippen LogP) is 1.87. The van der Waals surface area contributed by atoms with E-state index in [1.807, 2.05) is 24.4 Å². The van der Waals surface area contributed by atoms with Crippen molar-refractivity contribution in [3.63, 3.8) is 0 Å². The molecule has 1 aromatic carbocycles. The van der Waals surface area contributed by atoms with Gasteiger partial charge in [-0.1, -0.05) is 18.2 Å². The molecule has 1 saturated heterocycles. The normalized spacial score (nSPS) is 22.5. The third-order valence-corrected chi connectivity index (χ3v) is 4.55. The van der Waals surface area contributed by atoms with Crippen molar-refractivity contribution in [3.05, 3.63) is 42.1 Å². The molecule has 2 aromatic rings. The number of hydrogen-bond acceptors (Lipinski definition) is 4. The molecule has 2 unspecified atom stereocenters. The van der Waals surface area contributed by atoms with Gasteiger partial charge < -0.3 is 15.5 Å². The molecule has 2 N–H and O–H groups in total. The van der Waals surface area contributed by atoms with Gasteiger partial charge >= 0.3 is 0 Å². The van der Waals surface area contributed by atoms with E-state index in [0.29, 0.717) is 6.04 Å². The molecule has 2 heterocycles. The molecule has 4 nitrogen and oxygen atoms in total. The molecule has 1 aliphatic heterocycles. The summed E-state index contributed by atoms with van der Waals surface area (Å²) in [6.45, 7) is 3.34. The minimum Gasteiger partial charge on any atom is -0.324 e. The molecule has 1 fully saturated rings. The number of benzene rings is 1. The van der Waals surface area contributed by atoms with Crippen LogP contribution in [0.4, 0.5) is 0 Å². The van der Waals surface area contributed by atoms with E-state index in [1.165, 1.54) is 5.39 Å². The number of aromatic nitrogens is 1. The van der Waals surface area contributed by atoms with Crippen molar-refractivity contribution in [3.8, 4) is 0 Å². The van der Waals surface area contributed by atoms with E-state index in [-0.39, 0.29) is 6.04 Å². The largest absolute Gasteiger partial charge is 0.324 e. The first-order valence-electron chi connectivity index (χ1n) is 7.62. The van der Waals surface area contributed by atoms with Gasteiger partial charge in [-0.2, -0.15) is 0 Å². The highest BCUT2D eigenvalue weighted by molar-refractivity contribution is 5.78. The quantitative estimate of drug-likeness (QED) is 0.934.